The number of hydrogen-bond donors (Lipinski definition) is 2. The molecule has 1 unspecified atom stereocenters. The van der Waals surface area contributed by atoms with Crippen LogP contribution in [0.5, 0.6) is 5.75 Å². The lowest BCUT2D eigenvalue weighted by molar-refractivity contribution is -0.168. The number of esters is 3. The highest BCUT2D eigenvalue weighted by Crippen LogP contribution is 2.48. The van der Waals surface area contributed by atoms with Crippen molar-refractivity contribution in [3.63, 3.8) is 0 Å². The molecule has 3 heterocycles. The van der Waals surface area contributed by atoms with E-state index in [4.69, 9.17) is 33.7 Å². The molecule has 7 atom stereocenters. The summed E-state index contributed by atoms with van der Waals surface area (Å²) in [5, 5.41) is 2.66. The van der Waals surface area contributed by atoms with Gasteiger partial charge in [0.1, 0.15) is 29.7 Å². The van der Waals surface area contributed by atoms with Crippen molar-refractivity contribution in [1.82, 2.24) is 24.6 Å². The third-order valence-corrected chi connectivity index (χ3v) is 8.85. The highest BCUT2D eigenvalue weighted by atomic mass is 31.2. The van der Waals surface area contributed by atoms with Gasteiger partial charge in [0.15, 0.2) is 29.9 Å². The van der Waals surface area contributed by atoms with Gasteiger partial charge in [-0.25, -0.2) is 19.5 Å². The zero-order valence-electron chi connectivity index (χ0n) is 28.0. The predicted molar refractivity (Wildman–Crippen MR) is 172 cm³/mol. The lowest BCUT2D eigenvalue weighted by atomic mass is 9.99. The molecule has 4 rings (SSSR count). The molecule has 1 aromatic carbocycles. The van der Waals surface area contributed by atoms with Crippen LogP contribution in [0, 0.1) is 5.41 Å². The summed E-state index contributed by atoms with van der Waals surface area (Å²) in [6.07, 6.45) is -3.31. The molecule has 262 valence electrons. The number of benzene rings is 1. The van der Waals surface area contributed by atoms with Gasteiger partial charge in [-0.1, -0.05) is 52.8 Å². The molecule has 48 heavy (non-hydrogen) atoms. The summed E-state index contributed by atoms with van der Waals surface area (Å²) >= 11 is 0. The lowest BCUT2D eigenvalue weighted by Crippen LogP contribution is -2.44. The monoisotopic (exact) mass is 690 g/mol. The van der Waals surface area contributed by atoms with E-state index in [0.717, 1.165) is 0 Å². The number of rotatable bonds is 14. The molecule has 1 aliphatic heterocycles. The maximum absolute atomic E-state index is 14.4. The summed E-state index contributed by atoms with van der Waals surface area (Å²) in [5.41, 5.74) is 6.23. The minimum absolute atomic E-state index is 0.000687. The summed E-state index contributed by atoms with van der Waals surface area (Å²) in [6.45, 7) is 12.0. The van der Waals surface area contributed by atoms with Gasteiger partial charge < -0.3 is 29.2 Å². The first-order valence-corrected chi connectivity index (χ1v) is 17.1. The van der Waals surface area contributed by atoms with Crippen molar-refractivity contribution in [2.24, 2.45) is 5.41 Å². The molecule has 16 nitrogen and oxygen atoms in total. The van der Waals surface area contributed by atoms with Gasteiger partial charge in [-0.3, -0.25) is 23.5 Å². The highest BCUT2D eigenvalue weighted by molar-refractivity contribution is 7.52. The molecule has 17 heteroatoms. The fourth-order valence-electron chi connectivity index (χ4n) is 4.73. The number of anilines is 1. The van der Waals surface area contributed by atoms with Crippen molar-refractivity contribution >= 4 is 42.6 Å². The number of hydrogen-bond acceptors (Lipinski definition) is 14. The van der Waals surface area contributed by atoms with Gasteiger partial charge in [-0.15, -0.1) is 0 Å². The van der Waals surface area contributed by atoms with Crippen molar-refractivity contribution in [3.05, 3.63) is 43.0 Å². The summed E-state index contributed by atoms with van der Waals surface area (Å²) in [6, 6.07) is 7.10. The standard InChI is InChI=1S/C31H43N6O10P/c1-8-21(38)43-25-24(45-29(26(25)44-22(39)9-2)37-17-35-23-27(32)33-16-34-28(23)37)19(4)46-48(41,47-20-13-11-10-12-14-20)36-18(3)30(40)42-15-31(5,6)7/h10-14,16-19,24-26,29H,8-9,15H2,1-7H3,(H,36,41)(H2,32,33,34)/t18-,19-,24+,25+,26+,29+,48?/m0/s1. The molecule has 0 radical (unpaired) electrons. The van der Waals surface area contributed by atoms with Crippen molar-refractivity contribution in [2.75, 3.05) is 12.3 Å². The first kappa shape index (κ1) is 36.7. The van der Waals surface area contributed by atoms with E-state index in [1.54, 1.807) is 44.2 Å². The van der Waals surface area contributed by atoms with E-state index in [9.17, 15) is 18.9 Å². The highest BCUT2D eigenvalue weighted by Gasteiger charge is 2.54. The Balaban J connectivity index is 1.70. The minimum Gasteiger partial charge on any atom is -0.464 e. The van der Waals surface area contributed by atoms with Crippen molar-refractivity contribution in [1.29, 1.82) is 0 Å². The SMILES string of the molecule is CCC(=O)O[C@H]1[C@@H](OC(=O)CC)[C@H](n2cnc3c(N)ncnc32)O[C@@H]1[C@H](C)OP(=O)(N[C@@H](C)C(=O)OCC(C)(C)C)Oc1ccccc1. The molecular formula is C31H43N6O10P. The largest absolute Gasteiger partial charge is 0.464 e. The molecule has 1 aliphatic rings. The number of nitrogens with zero attached hydrogens (tertiary/aromatic N) is 4. The van der Waals surface area contributed by atoms with Crippen LogP contribution in [-0.4, -0.2) is 74.5 Å². The maximum atomic E-state index is 14.4. The van der Waals surface area contributed by atoms with Crippen LogP contribution in [0.1, 0.15) is 67.5 Å². The van der Waals surface area contributed by atoms with Gasteiger partial charge in [-0.2, -0.15) is 5.09 Å². The normalized spacial score (nSPS) is 22.0. The average molecular weight is 691 g/mol. The first-order valence-electron chi connectivity index (χ1n) is 15.6. The Morgan fingerprint density at radius 3 is 2.29 bits per heavy atom. The van der Waals surface area contributed by atoms with Crippen LogP contribution in [0.3, 0.4) is 0 Å². The Kier molecular flexibility index (Phi) is 11.8. The van der Waals surface area contributed by atoms with E-state index in [-0.39, 0.29) is 47.6 Å². The second-order valence-electron chi connectivity index (χ2n) is 12.4. The third-order valence-electron chi connectivity index (χ3n) is 7.09. The molecule has 0 aliphatic carbocycles. The molecular weight excluding hydrogens is 647 g/mol. The summed E-state index contributed by atoms with van der Waals surface area (Å²) < 4.78 is 51.2. The topological polar surface area (TPSA) is 205 Å². The van der Waals surface area contributed by atoms with Crippen LogP contribution < -0.4 is 15.3 Å². The third kappa shape index (κ3) is 9.07. The number of aromatic nitrogens is 4. The van der Waals surface area contributed by atoms with E-state index in [1.807, 2.05) is 20.8 Å². The van der Waals surface area contributed by atoms with Crippen molar-refractivity contribution < 1.29 is 46.9 Å². The second-order valence-corrected chi connectivity index (χ2v) is 14.1. The molecule has 0 saturated carbocycles. The molecule has 1 saturated heterocycles. The number of nitrogens with one attached hydrogen (secondary N) is 1. The van der Waals surface area contributed by atoms with E-state index in [1.165, 1.54) is 31.1 Å². The number of imidazole rings is 1. The number of carbonyl (C=O) groups is 3. The number of nitrogens with two attached hydrogens (primary N) is 1. The van der Waals surface area contributed by atoms with E-state index < -0.39 is 62.3 Å². The molecule has 3 N–H and O–H groups in total. The smallest absolute Gasteiger partial charge is 0.459 e. The van der Waals surface area contributed by atoms with Crippen LogP contribution >= 0.6 is 7.75 Å². The zero-order chi connectivity index (χ0) is 35.2. The molecule has 0 bridgehead atoms. The number of fused-ring (bicyclic) bond motifs is 1. The van der Waals surface area contributed by atoms with E-state index in [0.29, 0.717) is 0 Å². The quantitative estimate of drug-likeness (QED) is 0.139. The van der Waals surface area contributed by atoms with Crippen LogP contribution in [0.4, 0.5) is 5.82 Å². The minimum atomic E-state index is -4.41. The molecule has 3 aromatic rings. The van der Waals surface area contributed by atoms with Gasteiger partial charge in [0, 0.05) is 12.8 Å². The fraction of sp³-hybridized carbons (Fsp3) is 0.548. The Morgan fingerprint density at radius 1 is 1.02 bits per heavy atom. The predicted octanol–water partition coefficient (Wildman–Crippen LogP) is 4.11. The molecule has 0 spiro atoms. The van der Waals surface area contributed by atoms with Crippen molar-refractivity contribution in [2.45, 2.75) is 98.0 Å². The average Bonchev–Trinajstić information content (AvgIpc) is 3.61. The summed E-state index contributed by atoms with van der Waals surface area (Å²) in [7, 11) is -4.41. The van der Waals surface area contributed by atoms with E-state index in [2.05, 4.69) is 20.0 Å². The van der Waals surface area contributed by atoms with Gasteiger partial charge in [-0.05, 0) is 31.4 Å². The van der Waals surface area contributed by atoms with Crippen molar-refractivity contribution in [3.8, 4) is 5.75 Å². The molecule has 0 amide bonds. The van der Waals surface area contributed by atoms with Gasteiger partial charge in [0.2, 0.25) is 0 Å². The number of para-hydroxylation sites is 1. The number of nitrogen functional groups attached to an aromatic ring is 1. The summed E-state index contributed by atoms with van der Waals surface area (Å²) in [5.74, 6) is -1.59. The van der Waals surface area contributed by atoms with Crippen LogP contribution in [0.15, 0.2) is 43.0 Å². The Morgan fingerprint density at radius 2 is 1.67 bits per heavy atom. The number of carbonyl (C=O) groups excluding carboxylic acids is 3. The van der Waals surface area contributed by atoms with Crippen LogP contribution in [-0.2, 0) is 42.4 Å². The first-order chi connectivity index (χ1) is 22.6. The van der Waals surface area contributed by atoms with Gasteiger partial charge in [0.25, 0.3) is 0 Å². The number of ether oxygens (including phenoxy) is 4. The second kappa shape index (κ2) is 15.4. The van der Waals surface area contributed by atoms with E-state index >= 15 is 0 Å². The zero-order valence-corrected chi connectivity index (χ0v) is 28.9. The Bertz CT molecular complexity index is 1630. The van der Waals surface area contributed by atoms with Crippen LogP contribution in [0.2, 0.25) is 0 Å². The lowest BCUT2D eigenvalue weighted by Gasteiger charge is -2.30. The van der Waals surface area contributed by atoms with Gasteiger partial charge in [0.05, 0.1) is 19.0 Å². The van der Waals surface area contributed by atoms with Gasteiger partial charge >= 0.3 is 25.7 Å². The maximum Gasteiger partial charge on any atom is 0.459 e. The Labute approximate surface area is 278 Å². The summed E-state index contributed by atoms with van der Waals surface area (Å²) in [4.78, 5) is 50.8. The Hall–Kier alpha value is -4.11. The molecule has 1 fully saturated rings. The van der Waals surface area contributed by atoms with Crippen LogP contribution in [0.25, 0.3) is 11.2 Å². The molecule has 2 aromatic heterocycles. The fourth-order valence-corrected chi connectivity index (χ4v) is 6.43.